The minimum absolute atomic E-state index is 0.0882. The molecule has 0 spiro atoms. The van der Waals surface area contributed by atoms with Crippen LogP contribution in [0, 0.1) is 5.92 Å². The number of hydrogen-bond acceptors (Lipinski definition) is 5. The number of carbonyl (C=O) groups is 2. The van der Waals surface area contributed by atoms with Gasteiger partial charge in [0.15, 0.2) is 5.13 Å². The number of nitrogens with zero attached hydrogens (tertiary/aromatic N) is 2. The molecule has 2 aromatic rings. The van der Waals surface area contributed by atoms with Crippen LogP contribution < -0.4 is 10.6 Å². The summed E-state index contributed by atoms with van der Waals surface area (Å²) >= 11 is 1.47. The Bertz CT molecular complexity index is 788. The molecule has 2 amide bonds. The van der Waals surface area contributed by atoms with Crippen molar-refractivity contribution in [3.8, 4) is 0 Å². The standard InChI is InChI=1S/C20H26N4O2S/c1-14-4-3-9-24(11-14)12-18-13-27-20(22-18)23-19(26)10-16-5-7-17(8-6-16)21-15(2)25/h5-8,13-14H,3-4,9-12H2,1-2H3,(H,21,25)(H,22,23,26). The Morgan fingerprint density at radius 2 is 2.04 bits per heavy atom. The van der Waals surface area contributed by atoms with E-state index < -0.39 is 0 Å². The minimum atomic E-state index is -0.112. The Hall–Kier alpha value is -2.25. The molecule has 1 fully saturated rings. The van der Waals surface area contributed by atoms with Crippen molar-refractivity contribution in [2.24, 2.45) is 5.92 Å². The van der Waals surface area contributed by atoms with Crippen molar-refractivity contribution in [1.82, 2.24) is 9.88 Å². The van der Waals surface area contributed by atoms with Gasteiger partial charge in [-0.2, -0.15) is 0 Å². The lowest BCUT2D eigenvalue weighted by Gasteiger charge is -2.30. The lowest BCUT2D eigenvalue weighted by molar-refractivity contribution is -0.116. The van der Waals surface area contributed by atoms with Gasteiger partial charge in [-0.25, -0.2) is 4.98 Å². The normalized spacial score (nSPS) is 17.5. The number of rotatable bonds is 6. The number of hydrogen-bond donors (Lipinski definition) is 2. The Morgan fingerprint density at radius 1 is 1.26 bits per heavy atom. The van der Waals surface area contributed by atoms with Crippen molar-refractivity contribution in [2.45, 2.75) is 39.7 Å². The number of amides is 2. The van der Waals surface area contributed by atoms with Crippen molar-refractivity contribution in [2.75, 3.05) is 23.7 Å². The molecule has 1 atom stereocenters. The maximum absolute atomic E-state index is 12.3. The highest BCUT2D eigenvalue weighted by Crippen LogP contribution is 2.21. The summed E-state index contributed by atoms with van der Waals surface area (Å²) in [5, 5.41) is 8.27. The number of anilines is 2. The molecule has 3 rings (SSSR count). The van der Waals surface area contributed by atoms with Crippen LogP contribution in [0.4, 0.5) is 10.8 Å². The second kappa shape index (κ2) is 9.10. The monoisotopic (exact) mass is 386 g/mol. The maximum atomic E-state index is 12.3. The minimum Gasteiger partial charge on any atom is -0.326 e. The van der Waals surface area contributed by atoms with Gasteiger partial charge in [-0.3, -0.25) is 14.5 Å². The number of piperidine rings is 1. The molecule has 1 aromatic carbocycles. The van der Waals surface area contributed by atoms with Crippen LogP contribution in [0.2, 0.25) is 0 Å². The summed E-state index contributed by atoms with van der Waals surface area (Å²) in [6.45, 7) is 6.85. The zero-order chi connectivity index (χ0) is 19.2. The highest BCUT2D eigenvalue weighted by molar-refractivity contribution is 7.13. The quantitative estimate of drug-likeness (QED) is 0.797. The van der Waals surface area contributed by atoms with Gasteiger partial charge in [0.05, 0.1) is 12.1 Å². The van der Waals surface area contributed by atoms with Gasteiger partial charge in [0.1, 0.15) is 0 Å². The molecule has 1 aromatic heterocycles. The fourth-order valence-corrected chi connectivity index (χ4v) is 4.07. The zero-order valence-electron chi connectivity index (χ0n) is 15.8. The van der Waals surface area contributed by atoms with E-state index in [-0.39, 0.29) is 18.2 Å². The third-order valence-electron chi connectivity index (χ3n) is 4.56. The summed E-state index contributed by atoms with van der Waals surface area (Å²) in [7, 11) is 0. The summed E-state index contributed by atoms with van der Waals surface area (Å²) < 4.78 is 0. The van der Waals surface area contributed by atoms with Crippen LogP contribution in [0.5, 0.6) is 0 Å². The Balaban J connectivity index is 1.49. The van der Waals surface area contributed by atoms with Crippen molar-refractivity contribution in [3.63, 3.8) is 0 Å². The summed E-state index contributed by atoms with van der Waals surface area (Å²) in [4.78, 5) is 30.3. The molecular formula is C20H26N4O2S. The van der Waals surface area contributed by atoms with Crippen molar-refractivity contribution in [1.29, 1.82) is 0 Å². The first-order chi connectivity index (χ1) is 13.0. The van der Waals surface area contributed by atoms with Gasteiger partial charge in [-0.05, 0) is 43.0 Å². The molecule has 1 saturated heterocycles. The number of thiazole rings is 1. The first-order valence-electron chi connectivity index (χ1n) is 9.31. The molecule has 27 heavy (non-hydrogen) atoms. The molecule has 0 bridgehead atoms. The van der Waals surface area contributed by atoms with E-state index in [2.05, 4.69) is 27.4 Å². The number of aromatic nitrogens is 1. The third-order valence-corrected chi connectivity index (χ3v) is 5.37. The molecule has 0 aliphatic carbocycles. The molecule has 1 aliphatic heterocycles. The second-order valence-electron chi connectivity index (χ2n) is 7.23. The predicted molar refractivity (Wildman–Crippen MR) is 109 cm³/mol. The lowest BCUT2D eigenvalue weighted by Crippen LogP contribution is -2.33. The Labute approximate surface area is 164 Å². The van der Waals surface area contributed by atoms with E-state index in [0.717, 1.165) is 42.5 Å². The molecule has 2 heterocycles. The molecule has 1 aliphatic rings. The number of likely N-dealkylation sites (tertiary alicyclic amines) is 1. The Morgan fingerprint density at radius 3 is 2.74 bits per heavy atom. The third kappa shape index (κ3) is 6.15. The fourth-order valence-electron chi connectivity index (χ4n) is 3.35. The molecule has 144 valence electrons. The van der Waals surface area contributed by atoms with E-state index in [9.17, 15) is 9.59 Å². The predicted octanol–water partition coefficient (Wildman–Crippen LogP) is 3.51. The van der Waals surface area contributed by atoms with E-state index in [1.165, 1.54) is 31.1 Å². The molecule has 2 N–H and O–H groups in total. The lowest BCUT2D eigenvalue weighted by atomic mass is 10.0. The molecule has 1 unspecified atom stereocenters. The fraction of sp³-hybridized carbons (Fsp3) is 0.450. The van der Waals surface area contributed by atoms with E-state index in [1.807, 2.05) is 17.5 Å². The summed E-state index contributed by atoms with van der Waals surface area (Å²) in [6, 6.07) is 7.28. The summed E-state index contributed by atoms with van der Waals surface area (Å²) in [6.07, 6.45) is 2.83. The zero-order valence-corrected chi connectivity index (χ0v) is 16.6. The number of carbonyl (C=O) groups excluding carboxylic acids is 2. The molecule has 7 heteroatoms. The molecular weight excluding hydrogens is 360 g/mol. The first-order valence-corrected chi connectivity index (χ1v) is 10.2. The van der Waals surface area contributed by atoms with E-state index in [1.54, 1.807) is 12.1 Å². The SMILES string of the molecule is CC(=O)Nc1ccc(CC(=O)Nc2nc(CN3CCCC(C)C3)cs2)cc1. The molecule has 0 saturated carbocycles. The highest BCUT2D eigenvalue weighted by atomic mass is 32.1. The van der Waals surface area contributed by atoms with Crippen LogP contribution in [0.15, 0.2) is 29.6 Å². The topological polar surface area (TPSA) is 74.3 Å². The molecule has 0 radical (unpaired) electrons. The van der Waals surface area contributed by atoms with Crippen LogP contribution >= 0.6 is 11.3 Å². The largest absolute Gasteiger partial charge is 0.326 e. The van der Waals surface area contributed by atoms with Crippen LogP contribution in [0.1, 0.15) is 37.9 Å². The van der Waals surface area contributed by atoms with Gasteiger partial charge >= 0.3 is 0 Å². The number of nitrogens with one attached hydrogen (secondary N) is 2. The smallest absolute Gasteiger partial charge is 0.230 e. The van der Waals surface area contributed by atoms with Crippen molar-refractivity contribution in [3.05, 3.63) is 40.9 Å². The van der Waals surface area contributed by atoms with Crippen LogP contribution in [0.25, 0.3) is 0 Å². The highest BCUT2D eigenvalue weighted by Gasteiger charge is 2.17. The van der Waals surface area contributed by atoms with E-state index in [4.69, 9.17) is 0 Å². The van der Waals surface area contributed by atoms with E-state index in [0.29, 0.717) is 5.13 Å². The van der Waals surface area contributed by atoms with Crippen LogP contribution in [-0.2, 0) is 22.6 Å². The average molecular weight is 387 g/mol. The van der Waals surface area contributed by atoms with Gasteiger partial charge < -0.3 is 10.6 Å². The van der Waals surface area contributed by atoms with Gasteiger partial charge in [0.2, 0.25) is 11.8 Å². The van der Waals surface area contributed by atoms with Gasteiger partial charge in [0.25, 0.3) is 0 Å². The van der Waals surface area contributed by atoms with Gasteiger partial charge in [-0.1, -0.05) is 19.1 Å². The number of benzene rings is 1. The van der Waals surface area contributed by atoms with Gasteiger partial charge in [-0.15, -0.1) is 11.3 Å². The average Bonchev–Trinajstić information content (AvgIpc) is 3.03. The second-order valence-corrected chi connectivity index (χ2v) is 8.09. The first kappa shape index (κ1) is 19.5. The maximum Gasteiger partial charge on any atom is 0.230 e. The Kier molecular flexibility index (Phi) is 6.58. The van der Waals surface area contributed by atoms with Crippen LogP contribution in [-0.4, -0.2) is 34.8 Å². The van der Waals surface area contributed by atoms with Crippen molar-refractivity contribution < 1.29 is 9.59 Å². The summed E-state index contributed by atoms with van der Waals surface area (Å²) in [5.74, 6) is 0.544. The van der Waals surface area contributed by atoms with Crippen LogP contribution in [0.3, 0.4) is 0 Å². The van der Waals surface area contributed by atoms with Gasteiger partial charge in [0, 0.05) is 31.1 Å². The summed E-state index contributed by atoms with van der Waals surface area (Å²) in [5.41, 5.74) is 2.63. The molecule has 6 nitrogen and oxygen atoms in total. The van der Waals surface area contributed by atoms with E-state index >= 15 is 0 Å². The van der Waals surface area contributed by atoms with Crippen molar-refractivity contribution >= 4 is 34.0 Å².